The number of benzene rings is 1. The lowest BCUT2D eigenvalue weighted by Crippen LogP contribution is -2.34. The number of halogens is 1. The molecular formula is C12H18ClNO4S. The summed E-state index contributed by atoms with van der Waals surface area (Å²) in [5, 5.41) is 9.47. The molecule has 1 N–H and O–H groups in total. The minimum Gasteiger partial charge on any atom is -0.395 e. The van der Waals surface area contributed by atoms with E-state index in [-0.39, 0.29) is 18.0 Å². The van der Waals surface area contributed by atoms with Gasteiger partial charge in [-0.15, -0.1) is 0 Å². The average molecular weight is 308 g/mol. The number of methoxy groups -OCH3 is 1. The van der Waals surface area contributed by atoms with Crippen molar-refractivity contribution in [3.05, 3.63) is 29.3 Å². The monoisotopic (exact) mass is 307 g/mol. The van der Waals surface area contributed by atoms with Crippen molar-refractivity contribution < 1.29 is 18.3 Å². The summed E-state index contributed by atoms with van der Waals surface area (Å²) in [6, 6.07) is 5.97. The Kier molecular flexibility index (Phi) is 6.74. The summed E-state index contributed by atoms with van der Waals surface area (Å²) >= 11 is 5.74. The van der Waals surface area contributed by atoms with Gasteiger partial charge in [0.1, 0.15) is 0 Å². The Hall–Kier alpha value is -0.660. The van der Waals surface area contributed by atoms with E-state index < -0.39 is 10.0 Å². The number of hydrogen-bond donors (Lipinski definition) is 1. The standard InChI is InChI=1S/C12H18ClNO4S/c1-18-10-2-7-14(8-9-15)19(16,17)12-5-3-11(13)4-6-12/h3-6,15H,2,7-10H2,1H3. The van der Waals surface area contributed by atoms with Gasteiger partial charge in [0.15, 0.2) is 0 Å². The average Bonchev–Trinajstić information content (AvgIpc) is 2.38. The Morgan fingerprint density at radius 2 is 1.89 bits per heavy atom. The Bertz CT molecular complexity index is 475. The maximum absolute atomic E-state index is 12.4. The van der Waals surface area contributed by atoms with E-state index in [0.717, 1.165) is 0 Å². The number of aliphatic hydroxyl groups excluding tert-OH is 1. The van der Waals surface area contributed by atoms with Gasteiger partial charge in [0, 0.05) is 31.8 Å². The molecule has 0 heterocycles. The Labute approximate surface area is 118 Å². The molecule has 19 heavy (non-hydrogen) atoms. The predicted molar refractivity (Wildman–Crippen MR) is 73.8 cm³/mol. The second kappa shape index (κ2) is 7.81. The van der Waals surface area contributed by atoms with E-state index >= 15 is 0 Å². The maximum atomic E-state index is 12.4. The molecular weight excluding hydrogens is 290 g/mol. The first-order valence-electron chi connectivity index (χ1n) is 5.88. The van der Waals surface area contributed by atoms with Crippen LogP contribution >= 0.6 is 11.6 Å². The molecule has 0 bridgehead atoms. The van der Waals surface area contributed by atoms with E-state index in [1.165, 1.54) is 28.6 Å². The fourth-order valence-electron chi connectivity index (χ4n) is 1.60. The highest BCUT2D eigenvalue weighted by Crippen LogP contribution is 2.18. The highest BCUT2D eigenvalue weighted by atomic mass is 35.5. The number of sulfonamides is 1. The van der Waals surface area contributed by atoms with E-state index in [2.05, 4.69) is 0 Å². The van der Waals surface area contributed by atoms with Crippen molar-refractivity contribution in [2.45, 2.75) is 11.3 Å². The van der Waals surface area contributed by atoms with Crippen molar-refractivity contribution in [1.82, 2.24) is 4.31 Å². The lowest BCUT2D eigenvalue weighted by molar-refractivity contribution is 0.182. The Morgan fingerprint density at radius 1 is 1.26 bits per heavy atom. The molecule has 1 rings (SSSR count). The largest absolute Gasteiger partial charge is 0.395 e. The Morgan fingerprint density at radius 3 is 2.42 bits per heavy atom. The van der Waals surface area contributed by atoms with E-state index in [9.17, 15) is 8.42 Å². The van der Waals surface area contributed by atoms with E-state index in [1.54, 1.807) is 7.11 Å². The Balaban J connectivity index is 2.88. The van der Waals surface area contributed by atoms with Crippen LogP contribution in [0.2, 0.25) is 5.02 Å². The lowest BCUT2D eigenvalue weighted by atomic mass is 10.4. The fourth-order valence-corrected chi connectivity index (χ4v) is 3.20. The van der Waals surface area contributed by atoms with Gasteiger partial charge in [-0.25, -0.2) is 8.42 Å². The van der Waals surface area contributed by atoms with Crippen LogP contribution in [0.15, 0.2) is 29.2 Å². The molecule has 0 amide bonds. The molecule has 0 aromatic heterocycles. The first kappa shape index (κ1) is 16.4. The van der Waals surface area contributed by atoms with Crippen LogP contribution in [0.3, 0.4) is 0 Å². The van der Waals surface area contributed by atoms with Crippen LogP contribution < -0.4 is 0 Å². The third-order valence-corrected chi connectivity index (χ3v) is 4.72. The molecule has 0 aliphatic rings. The molecule has 7 heteroatoms. The number of ether oxygens (including phenoxy) is 1. The third-order valence-electron chi connectivity index (χ3n) is 2.56. The second-order valence-electron chi connectivity index (χ2n) is 3.93. The van der Waals surface area contributed by atoms with Crippen LogP contribution in [-0.2, 0) is 14.8 Å². The first-order chi connectivity index (χ1) is 9.02. The molecule has 0 saturated carbocycles. The van der Waals surface area contributed by atoms with Crippen LogP contribution in [0.5, 0.6) is 0 Å². The smallest absolute Gasteiger partial charge is 0.243 e. The number of hydrogen-bond acceptors (Lipinski definition) is 4. The van der Waals surface area contributed by atoms with Gasteiger partial charge in [-0.3, -0.25) is 0 Å². The summed E-state index contributed by atoms with van der Waals surface area (Å²) in [6.45, 7) is 0.617. The van der Waals surface area contributed by atoms with Crippen molar-refractivity contribution in [3.8, 4) is 0 Å². The van der Waals surface area contributed by atoms with Crippen LogP contribution in [0.25, 0.3) is 0 Å². The van der Waals surface area contributed by atoms with Crippen LogP contribution in [0.4, 0.5) is 0 Å². The van der Waals surface area contributed by atoms with Gasteiger partial charge in [0.05, 0.1) is 11.5 Å². The van der Waals surface area contributed by atoms with Crippen LogP contribution in [0, 0.1) is 0 Å². The van der Waals surface area contributed by atoms with E-state index in [4.69, 9.17) is 21.4 Å². The van der Waals surface area contributed by atoms with Gasteiger partial charge in [-0.05, 0) is 30.7 Å². The normalized spacial score (nSPS) is 12.0. The molecule has 108 valence electrons. The highest BCUT2D eigenvalue weighted by molar-refractivity contribution is 7.89. The number of nitrogens with zero attached hydrogens (tertiary/aromatic N) is 1. The summed E-state index contributed by atoms with van der Waals surface area (Å²) < 4.78 is 30.9. The van der Waals surface area contributed by atoms with Gasteiger partial charge < -0.3 is 9.84 Å². The van der Waals surface area contributed by atoms with Crippen molar-refractivity contribution in [2.24, 2.45) is 0 Å². The summed E-state index contributed by atoms with van der Waals surface area (Å²) in [4.78, 5) is 0.169. The minimum atomic E-state index is -3.60. The lowest BCUT2D eigenvalue weighted by Gasteiger charge is -2.21. The van der Waals surface area contributed by atoms with Gasteiger partial charge in [0.2, 0.25) is 10.0 Å². The van der Waals surface area contributed by atoms with E-state index in [0.29, 0.717) is 24.6 Å². The zero-order valence-corrected chi connectivity index (χ0v) is 12.3. The van der Waals surface area contributed by atoms with Gasteiger partial charge >= 0.3 is 0 Å². The molecule has 1 aromatic carbocycles. The molecule has 0 fully saturated rings. The topological polar surface area (TPSA) is 66.8 Å². The summed E-state index contributed by atoms with van der Waals surface area (Å²) in [5.74, 6) is 0. The van der Waals surface area contributed by atoms with Gasteiger partial charge in [0.25, 0.3) is 0 Å². The predicted octanol–water partition coefficient (Wildman–Crippen LogP) is 1.36. The van der Waals surface area contributed by atoms with Crippen LogP contribution in [0.1, 0.15) is 6.42 Å². The summed E-state index contributed by atoms with van der Waals surface area (Å²) in [5.41, 5.74) is 0. The zero-order valence-electron chi connectivity index (χ0n) is 10.8. The highest BCUT2D eigenvalue weighted by Gasteiger charge is 2.23. The molecule has 5 nitrogen and oxygen atoms in total. The first-order valence-corrected chi connectivity index (χ1v) is 7.69. The van der Waals surface area contributed by atoms with Crippen LogP contribution in [-0.4, -0.2) is 51.2 Å². The maximum Gasteiger partial charge on any atom is 0.243 e. The second-order valence-corrected chi connectivity index (χ2v) is 6.30. The van der Waals surface area contributed by atoms with Crippen molar-refractivity contribution in [1.29, 1.82) is 0 Å². The minimum absolute atomic E-state index is 0.0642. The molecule has 0 spiro atoms. The molecule has 0 aliphatic carbocycles. The number of rotatable bonds is 8. The van der Waals surface area contributed by atoms with Crippen molar-refractivity contribution >= 4 is 21.6 Å². The molecule has 0 unspecified atom stereocenters. The van der Waals surface area contributed by atoms with Crippen molar-refractivity contribution in [3.63, 3.8) is 0 Å². The fraction of sp³-hybridized carbons (Fsp3) is 0.500. The van der Waals surface area contributed by atoms with Gasteiger partial charge in [-0.2, -0.15) is 4.31 Å². The summed E-state index contributed by atoms with van der Waals surface area (Å²) in [7, 11) is -2.04. The molecule has 0 saturated heterocycles. The summed E-state index contributed by atoms with van der Waals surface area (Å²) in [6.07, 6.45) is 0.573. The molecule has 0 aliphatic heterocycles. The quantitative estimate of drug-likeness (QED) is 0.736. The zero-order chi connectivity index (χ0) is 14.3. The SMILES string of the molecule is COCCCN(CCO)S(=O)(=O)c1ccc(Cl)cc1. The van der Waals surface area contributed by atoms with Gasteiger partial charge in [-0.1, -0.05) is 11.6 Å². The molecule has 0 atom stereocenters. The van der Waals surface area contributed by atoms with E-state index in [1.807, 2.05) is 0 Å². The molecule has 1 aromatic rings. The third kappa shape index (κ3) is 4.74. The van der Waals surface area contributed by atoms with Crippen molar-refractivity contribution in [2.75, 3.05) is 33.4 Å². The molecule has 0 radical (unpaired) electrons. The number of aliphatic hydroxyl groups is 1.